The van der Waals surface area contributed by atoms with E-state index in [4.69, 9.17) is 13.3 Å². The predicted molar refractivity (Wildman–Crippen MR) is 76.2 cm³/mol. The van der Waals surface area contributed by atoms with Gasteiger partial charge in [0.25, 0.3) is 0 Å². The molecule has 0 unspecified atom stereocenters. The minimum absolute atomic E-state index is 0.514. The van der Waals surface area contributed by atoms with E-state index in [9.17, 15) is 0 Å². The molecule has 0 saturated heterocycles. The molecule has 100 valence electrons. The standard InChI is InChI=1S/C14H22O3Si/c1-5-13-8-10-14(11-9-13)12-17-18(4,15-6-2)16-7-3/h5,8-11H,1,6-7,12H2,2-4H3. The zero-order valence-electron chi connectivity index (χ0n) is 11.4. The fourth-order valence-corrected chi connectivity index (χ4v) is 3.34. The van der Waals surface area contributed by atoms with Gasteiger partial charge in [0.05, 0.1) is 6.61 Å². The third-order valence-electron chi connectivity index (χ3n) is 2.53. The van der Waals surface area contributed by atoms with Gasteiger partial charge >= 0.3 is 8.80 Å². The van der Waals surface area contributed by atoms with Gasteiger partial charge in [-0.15, -0.1) is 0 Å². The summed E-state index contributed by atoms with van der Waals surface area (Å²) in [7, 11) is -2.47. The van der Waals surface area contributed by atoms with Crippen LogP contribution in [0.4, 0.5) is 0 Å². The Labute approximate surface area is 111 Å². The molecule has 0 heterocycles. The van der Waals surface area contributed by atoms with Crippen molar-refractivity contribution in [3.63, 3.8) is 0 Å². The highest BCUT2D eigenvalue weighted by atomic mass is 28.4. The Morgan fingerprint density at radius 1 is 1.06 bits per heavy atom. The lowest BCUT2D eigenvalue weighted by Crippen LogP contribution is -2.42. The van der Waals surface area contributed by atoms with E-state index in [1.54, 1.807) is 0 Å². The van der Waals surface area contributed by atoms with Gasteiger partial charge < -0.3 is 13.3 Å². The molecule has 1 aromatic rings. The predicted octanol–water partition coefficient (Wildman–Crippen LogP) is 3.49. The number of hydrogen-bond acceptors (Lipinski definition) is 3. The van der Waals surface area contributed by atoms with Gasteiger partial charge in [0, 0.05) is 19.8 Å². The zero-order valence-corrected chi connectivity index (χ0v) is 12.4. The Hall–Kier alpha value is -0.943. The minimum Gasteiger partial charge on any atom is -0.374 e. The van der Waals surface area contributed by atoms with Crippen molar-refractivity contribution in [1.29, 1.82) is 0 Å². The maximum Gasteiger partial charge on any atom is 0.497 e. The van der Waals surface area contributed by atoms with Crippen LogP contribution < -0.4 is 0 Å². The van der Waals surface area contributed by atoms with Crippen LogP contribution in [-0.2, 0) is 19.9 Å². The van der Waals surface area contributed by atoms with E-state index in [0.717, 1.165) is 11.1 Å². The van der Waals surface area contributed by atoms with Crippen LogP contribution in [0.25, 0.3) is 6.08 Å². The third-order valence-corrected chi connectivity index (χ3v) is 4.82. The monoisotopic (exact) mass is 266 g/mol. The van der Waals surface area contributed by atoms with Crippen molar-refractivity contribution >= 4 is 14.9 Å². The average Bonchev–Trinajstić information content (AvgIpc) is 2.38. The Bertz CT molecular complexity index is 356. The molecular formula is C14H22O3Si. The second-order valence-corrected chi connectivity index (χ2v) is 6.55. The van der Waals surface area contributed by atoms with Gasteiger partial charge in [0.1, 0.15) is 0 Å². The van der Waals surface area contributed by atoms with E-state index in [0.29, 0.717) is 19.8 Å². The van der Waals surface area contributed by atoms with Gasteiger partial charge in [-0.3, -0.25) is 0 Å². The molecule has 0 saturated carbocycles. The van der Waals surface area contributed by atoms with E-state index in [1.165, 1.54) is 0 Å². The lowest BCUT2D eigenvalue weighted by Gasteiger charge is -2.25. The van der Waals surface area contributed by atoms with Gasteiger partial charge in [-0.1, -0.05) is 36.9 Å². The molecule has 0 fully saturated rings. The molecule has 0 aliphatic rings. The second-order valence-electron chi connectivity index (χ2n) is 3.96. The topological polar surface area (TPSA) is 27.7 Å². The van der Waals surface area contributed by atoms with Crippen LogP contribution in [0.2, 0.25) is 6.55 Å². The van der Waals surface area contributed by atoms with E-state index in [1.807, 2.05) is 50.7 Å². The molecule has 1 rings (SSSR count). The Morgan fingerprint density at radius 3 is 2.06 bits per heavy atom. The molecule has 0 aromatic heterocycles. The lowest BCUT2D eigenvalue weighted by molar-refractivity contribution is 0.0680. The van der Waals surface area contributed by atoms with E-state index >= 15 is 0 Å². The van der Waals surface area contributed by atoms with Crippen molar-refractivity contribution in [3.05, 3.63) is 42.0 Å². The van der Waals surface area contributed by atoms with E-state index in [-0.39, 0.29) is 0 Å². The van der Waals surface area contributed by atoms with Crippen LogP contribution in [-0.4, -0.2) is 22.0 Å². The molecule has 0 aliphatic carbocycles. The first-order valence-corrected chi connectivity index (χ1v) is 8.49. The molecule has 0 spiro atoms. The SMILES string of the molecule is C=Cc1ccc(CO[Si](C)(OCC)OCC)cc1. The maximum atomic E-state index is 5.84. The molecule has 0 N–H and O–H groups in total. The van der Waals surface area contributed by atoms with Gasteiger partial charge in [-0.25, -0.2) is 0 Å². The number of rotatable bonds is 8. The summed E-state index contributed by atoms with van der Waals surface area (Å²) in [5.74, 6) is 0. The Kier molecular flexibility index (Phi) is 6.28. The fourth-order valence-electron chi connectivity index (χ4n) is 1.61. The molecule has 1 aromatic carbocycles. The van der Waals surface area contributed by atoms with Crippen LogP contribution >= 0.6 is 0 Å². The normalized spacial score (nSPS) is 11.5. The molecule has 0 amide bonds. The summed E-state index contributed by atoms with van der Waals surface area (Å²) in [6.07, 6.45) is 1.82. The number of benzene rings is 1. The first-order chi connectivity index (χ1) is 8.63. The van der Waals surface area contributed by atoms with Gasteiger partial charge in [0.2, 0.25) is 0 Å². The van der Waals surface area contributed by atoms with Gasteiger partial charge in [-0.2, -0.15) is 0 Å². The van der Waals surface area contributed by atoms with Gasteiger partial charge in [0.15, 0.2) is 0 Å². The lowest BCUT2D eigenvalue weighted by atomic mass is 10.1. The highest BCUT2D eigenvalue weighted by molar-refractivity contribution is 6.59. The second kappa shape index (κ2) is 7.48. The molecule has 3 nitrogen and oxygen atoms in total. The fraction of sp³-hybridized carbons (Fsp3) is 0.429. The van der Waals surface area contributed by atoms with Gasteiger partial charge in [-0.05, 0) is 25.0 Å². The Morgan fingerprint density at radius 2 is 1.61 bits per heavy atom. The van der Waals surface area contributed by atoms with E-state index in [2.05, 4.69) is 6.58 Å². The highest BCUT2D eigenvalue weighted by Crippen LogP contribution is 2.14. The van der Waals surface area contributed by atoms with Crippen molar-refractivity contribution in [2.75, 3.05) is 13.2 Å². The van der Waals surface area contributed by atoms with Crippen molar-refractivity contribution in [2.45, 2.75) is 27.0 Å². The summed E-state index contributed by atoms with van der Waals surface area (Å²) in [5, 5.41) is 0. The van der Waals surface area contributed by atoms with Crippen LogP contribution in [0.3, 0.4) is 0 Å². The zero-order chi connectivity index (χ0) is 13.4. The molecule has 0 atom stereocenters. The van der Waals surface area contributed by atoms with Crippen LogP contribution in [0.1, 0.15) is 25.0 Å². The summed E-state index contributed by atoms with van der Waals surface area (Å²) in [5.41, 5.74) is 2.21. The van der Waals surface area contributed by atoms with Crippen molar-refractivity contribution in [1.82, 2.24) is 0 Å². The largest absolute Gasteiger partial charge is 0.497 e. The molecular weight excluding hydrogens is 244 g/mol. The Balaban J connectivity index is 2.57. The summed E-state index contributed by atoms with van der Waals surface area (Å²) in [6.45, 7) is 11.3. The first-order valence-electron chi connectivity index (χ1n) is 6.26. The maximum absolute atomic E-state index is 5.84. The summed E-state index contributed by atoms with van der Waals surface area (Å²) in [6, 6.07) is 8.10. The first kappa shape index (κ1) is 15.1. The molecule has 0 bridgehead atoms. The minimum atomic E-state index is -2.47. The summed E-state index contributed by atoms with van der Waals surface area (Å²) in [4.78, 5) is 0. The van der Waals surface area contributed by atoms with Crippen molar-refractivity contribution < 1.29 is 13.3 Å². The van der Waals surface area contributed by atoms with Crippen molar-refractivity contribution in [2.24, 2.45) is 0 Å². The summed E-state index contributed by atoms with van der Waals surface area (Å²) >= 11 is 0. The van der Waals surface area contributed by atoms with Crippen molar-refractivity contribution in [3.8, 4) is 0 Å². The molecule has 18 heavy (non-hydrogen) atoms. The van der Waals surface area contributed by atoms with Crippen LogP contribution in [0, 0.1) is 0 Å². The van der Waals surface area contributed by atoms with Crippen LogP contribution in [0.15, 0.2) is 30.8 Å². The molecule has 0 aliphatic heterocycles. The quantitative estimate of drug-likeness (QED) is 0.674. The smallest absolute Gasteiger partial charge is 0.374 e. The summed E-state index contributed by atoms with van der Waals surface area (Å²) < 4.78 is 17.1. The highest BCUT2D eigenvalue weighted by Gasteiger charge is 2.33. The molecule has 0 radical (unpaired) electrons. The average molecular weight is 266 g/mol. The van der Waals surface area contributed by atoms with Crippen LogP contribution in [0.5, 0.6) is 0 Å². The number of hydrogen-bond donors (Lipinski definition) is 0. The third kappa shape index (κ3) is 4.74. The molecule has 4 heteroatoms. The van der Waals surface area contributed by atoms with E-state index < -0.39 is 8.80 Å².